The van der Waals surface area contributed by atoms with Gasteiger partial charge in [0, 0.05) is 96.9 Å². The smallest absolute Gasteiger partial charge is 0.245 e. The van der Waals surface area contributed by atoms with Crippen LogP contribution in [0.3, 0.4) is 0 Å². The third kappa shape index (κ3) is 12.3. The molecular weight excluding hydrogens is 829 g/mol. The molecule has 0 bridgehead atoms. The van der Waals surface area contributed by atoms with E-state index < -0.39 is 18.1 Å². The van der Waals surface area contributed by atoms with E-state index in [1.165, 1.54) is 17.1 Å². The highest BCUT2D eigenvalue weighted by Crippen LogP contribution is 2.31. The average molecular weight is 917 g/mol. The molecule has 0 radical (unpaired) electrons. The molecule has 4 fully saturated rings. The number of piperidine rings is 2. The van der Waals surface area contributed by atoms with Crippen LogP contribution in [0.5, 0.6) is 0 Å². The van der Waals surface area contributed by atoms with Crippen molar-refractivity contribution in [3.63, 3.8) is 0 Å². The molecule has 2 aromatic rings. The fraction of sp³-hybridized carbons (Fsp3) is 0.808. The number of hydrogen-bond acceptors (Lipinski definition) is 8. The van der Waals surface area contributed by atoms with Crippen LogP contribution in [-0.4, -0.2) is 139 Å². The molecule has 6 heterocycles. The van der Waals surface area contributed by atoms with Crippen LogP contribution in [0.25, 0.3) is 0 Å². The fourth-order valence-corrected chi connectivity index (χ4v) is 11.5. The van der Waals surface area contributed by atoms with E-state index in [9.17, 15) is 19.2 Å². The quantitative estimate of drug-likeness (QED) is 0.176. The first-order valence-corrected chi connectivity index (χ1v) is 26.2. The van der Waals surface area contributed by atoms with E-state index in [1.807, 2.05) is 25.8 Å². The van der Waals surface area contributed by atoms with Gasteiger partial charge in [-0.25, -0.2) is 9.97 Å². The van der Waals surface area contributed by atoms with Crippen molar-refractivity contribution in [3.8, 4) is 0 Å². The molecule has 0 saturated carbocycles. The van der Waals surface area contributed by atoms with Crippen LogP contribution >= 0.6 is 0 Å². The van der Waals surface area contributed by atoms with Crippen molar-refractivity contribution in [2.24, 2.45) is 49.6 Å². The highest BCUT2D eigenvalue weighted by atomic mass is 16.2. The molecule has 2 aromatic heterocycles. The van der Waals surface area contributed by atoms with Gasteiger partial charge in [0.15, 0.2) is 0 Å². The zero-order chi connectivity index (χ0) is 47.8. The van der Waals surface area contributed by atoms with E-state index in [0.717, 1.165) is 75.9 Å². The lowest BCUT2D eigenvalue weighted by Gasteiger charge is -2.43. The number of aryl methyl sites for hydroxylation is 2. The molecule has 66 heavy (non-hydrogen) atoms. The number of likely N-dealkylation sites (tertiary alicyclic amines) is 2. The maximum atomic E-state index is 14.8. The van der Waals surface area contributed by atoms with Crippen LogP contribution in [0.4, 0.5) is 0 Å². The lowest BCUT2D eigenvalue weighted by Crippen LogP contribution is -2.63. The number of piperazine rings is 2. The van der Waals surface area contributed by atoms with Crippen molar-refractivity contribution in [3.05, 3.63) is 34.9 Å². The van der Waals surface area contributed by atoms with Crippen LogP contribution in [-0.2, 0) is 65.4 Å². The van der Waals surface area contributed by atoms with Crippen molar-refractivity contribution in [2.75, 3.05) is 52.4 Å². The third-order valence-electron chi connectivity index (χ3n) is 15.9. The SMILES string of the molecule is CCc1nc(CC2CCN(C(=O)[C@H](CC(C)C)N3CCN[C@@H](CC(C)C(C)C[C@@H](C(=O)N4CCC(Cc5ncc(CC)n5C)CC4)N4CCN[C@@H](CC(C)C)C4=O)C3=O)CC2)n(C)c1CC. The average Bonchev–Trinajstić information content (AvgIpc) is 3.81. The van der Waals surface area contributed by atoms with Gasteiger partial charge in [0.05, 0.1) is 17.8 Å². The van der Waals surface area contributed by atoms with Gasteiger partial charge in [-0.1, -0.05) is 62.3 Å². The Morgan fingerprint density at radius 2 is 1.15 bits per heavy atom. The molecule has 14 nitrogen and oxygen atoms in total. The topological polar surface area (TPSA) is 141 Å². The number of nitrogens with one attached hydrogen (secondary N) is 2. The molecule has 2 unspecified atom stereocenters. The summed E-state index contributed by atoms with van der Waals surface area (Å²) in [4.78, 5) is 75.5. The van der Waals surface area contributed by atoms with E-state index in [0.29, 0.717) is 89.4 Å². The monoisotopic (exact) mass is 917 g/mol. The highest BCUT2D eigenvalue weighted by Gasteiger charge is 2.43. The van der Waals surface area contributed by atoms with Crippen molar-refractivity contribution >= 4 is 23.6 Å². The molecule has 370 valence electrons. The van der Waals surface area contributed by atoms with Crippen LogP contribution < -0.4 is 10.6 Å². The van der Waals surface area contributed by atoms with Crippen LogP contribution in [0.2, 0.25) is 0 Å². The summed E-state index contributed by atoms with van der Waals surface area (Å²) in [6.45, 7) is 24.5. The highest BCUT2D eigenvalue weighted by molar-refractivity contribution is 5.91. The van der Waals surface area contributed by atoms with Crippen molar-refractivity contribution < 1.29 is 19.2 Å². The van der Waals surface area contributed by atoms with Gasteiger partial charge < -0.3 is 39.4 Å². The molecule has 14 heteroatoms. The summed E-state index contributed by atoms with van der Waals surface area (Å²) >= 11 is 0. The van der Waals surface area contributed by atoms with E-state index in [1.54, 1.807) is 0 Å². The summed E-state index contributed by atoms with van der Waals surface area (Å²) < 4.78 is 4.50. The van der Waals surface area contributed by atoms with E-state index in [4.69, 9.17) is 9.97 Å². The first-order valence-electron chi connectivity index (χ1n) is 26.2. The number of carbonyl (C=O) groups is 4. The van der Waals surface area contributed by atoms with Gasteiger partial charge in [-0.3, -0.25) is 19.2 Å². The maximum Gasteiger partial charge on any atom is 0.245 e. The Kier molecular flexibility index (Phi) is 18.4. The number of rotatable bonds is 20. The lowest BCUT2D eigenvalue weighted by molar-refractivity contribution is -0.151. The summed E-state index contributed by atoms with van der Waals surface area (Å²) in [5, 5.41) is 6.98. The molecule has 0 aromatic carbocycles. The minimum absolute atomic E-state index is 0.00296. The predicted molar refractivity (Wildman–Crippen MR) is 262 cm³/mol. The second-order valence-electron chi connectivity index (χ2n) is 21.5. The van der Waals surface area contributed by atoms with Gasteiger partial charge >= 0.3 is 0 Å². The van der Waals surface area contributed by atoms with E-state index in [-0.39, 0.29) is 47.4 Å². The normalized spacial score (nSPS) is 22.4. The van der Waals surface area contributed by atoms with E-state index in [2.05, 4.69) is 96.2 Å². The van der Waals surface area contributed by atoms with Crippen molar-refractivity contribution in [1.29, 1.82) is 0 Å². The summed E-state index contributed by atoms with van der Waals surface area (Å²) in [6, 6.07) is -1.75. The minimum Gasteiger partial charge on any atom is -0.341 e. The second-order valence-corrected chi connectivity index (χ2v) is 21.5. The summed E-state index contributed by atoms with van der Waals surface area (Å²) in [7, 11) is 4.24. The largest absolute Gasteiger partial charge is 0.341 e. The Bertz CT molecular complexity index is 1920. The molecule has 4 saturated heterocycles. The van der Waals surface area contributed by atoms with Gasteiger partial charge in [-0.2, -0.15) is 0 Å². The Morgan fingerprint density at radius 3 is 1.61 bits per heavy atom. The second kappa shape index (κ2) is 23.5. The van der Waals surface area contributed by atoms with Crippen LogP contribution in [0.15, 0.2) is 6.20 Å². The standard InChI is InChI=1S/C52H88N10O4/c1-12-40-33-55-47(57(40)10)31-38-15-21-60(22-16-38)52(66)46(62-26-19-53-42(49(62)63)27-34(4)5)30-37(9)36(8)29-43-50(64)61(25-20-54-43)45(28-35(6)7)51(65)59-23-17-39(18-24-59)32-48-56-41(13-2)44(14-3)58(48)11/h33-39,42-43,45-46,53-54H,12-32H2,1-11H3/t36?,37?,42-,43-,45-,46-/m0/s1. The summed E-state index contributed by atoms with van der Waals surface area (Å²) in [6.07, 6.45) is 12.9. The van der Waals surface area contributed by atoms with Crippen LogP contribution in [0.1, 0.15) is 142 Å². The predicted octanol–water partition coefficient (Wildman–Crippen LogP) is 5.59. The molecule has 0 aliphatic carbocycles. The molecule has 4 aliphatic heterocycles. The molecule has 4 aliphatic rings. The van der Waals surface area contributed by atoms with Crippen molar-refractivity contribution in [1.82, 2.24) is 49.3 Å². The number of aromatic nitrogens is 4. The molecule has 6 rings (SSSR count). The first kappa shape index (κ1) is 51.6. The maximum absolute atomic E-state index is 14.8. The molecule has 6 atom stereocenters. The van der Waals surface area contributed by atoms with Gasteiger partial charge in [-0.15, -0.1) is 0 Å². The van der Waals surface area contributed by atoms with Crippen LogP contribution in [0, 0.1) is 35.5 Å². The third-order valence-corrected chi connectivity index (χ3v) is 15.9. The number of amides is 4. The number of hydrogen-bond donors (Lipinski definition) is 2. The number of carbonyl (C=O) groups excluding carboxylic acids is 4. The van der Waals surface area contributed by atoms with Gasteiger partial charge in [0.2, 0.25) is 23.6 Å². The molecule has 4 amide bonds. The Balaban J connectivity index is 1.09. The summed E-state index contributed by atoms with van der Waals surface area (Å²) in [5.74, 6) is 4.12. The fourth-order valence-electron chi connectivity index (χ4n) is 11.5. The molecular formula is C52H88N10O4. The summed E-state index contributed by atoms with van der Waals surface area (Å²) in [5.41, 5.74) is 3.76. The van der Waals surface area contributed by atoms with E-state index >= 15 is 0 Å². The lowest BCUT2D eigenvalue weighted by atomic mass is 9.83. The van der Waals surface area contributed by atoms with Gasteiger partial charge in [0.25, 0.3) is 0 Å². The molecule has 2 N–H and O–H groups in total. The zero-order valence-electron chi connectivity index (χ0n) is 42.9. The Labute approximate surface area is 397 Å². The van der Waals surface area contributed by atoms with Gasteiger partial charge in [-0.05, 0) is 106 Å². The zero-order valence-corrected chi connectivity index (χ0v) is 42.9. The molecule has 0 spiro atoms. The number of nitrogens with zero attached hydrogens (tertiary/aromatic N) is 8. The minimum atomic E-state index is -0.556. The Morgan fingerprint density at radius 1 is 0.636 bits per heavy atom. The first-order chi connectivity index (χ1) is 31.5. The Hall–Kier alpha value is -3.78. The van der Waals surface area contributed by atoms with Crippen molar-refractivity contribution in [2.45, 2.75) is 170 Å². The van der Waals surface area contributed by atoms with Gasteiger partial charge in [0.1, 0.15) is 23.7 Å². The number of imidazole rings is 2.